The summed E-state index contributed by atoms with van der Waals surface area (Å²) in [5.41, 5.74) is 7.70. The molecule has 10 atom stereocenters. The molecule has 13 rings (SSSR count). The molecular formula is C71H76O11. The van der Waals surface area contributed by atoms with Gasteiger partial charge in [0.15, 0.2) is 12.2 Å². The maximum Gasteiger partial charge on any atom is 0.340 e. The Labute approximate surface area is 480 Å². The maximum absolute atomic E-state index is 15.7. The van der Waals surface area contributed by atoms with E-state index in [-0.39, 0.29) is 102 Å². The number of fused-ring (bicyclic) bond motifs is 14. The fourth-order valence-electron chi connectivity index (χ4n) is 15.5. The largest absolute Gasteiger partial charge is 0.483 e. The highest BCUT2D eigenvalue weighted by molar-refractivity contribution is 5.90. The van der Waals surface area contributed by atoms with Crippen LogP contribution in [0.2, 0.25) is 0 Å². The maximum atomic E-state index is 15.7. The minimum absolute atomic E-state index is 0.00165. The number of hydrogen-bond donors (Lipinski definition) is 3. The second-order valence-corrected chi connectivity index (χ2v) is 24.4. The summed E-state index contributed by atoms with van der Waals surface area (Å²) in [7, 11) is 1.51. The Morgan fingerprint density at radius 1 is 0.780 bits per heavy atom. The summed E-state index contributed by atoms with van der Waals surface area (Å²) in [6.45, 7) is 2.61. The highest BCUT2D eigenvalue weighted by Crippen LogP contribution is 2.58. The number of carbonyl (C=O) groups excluding carboxylic acids is 2. The average Bonchev–Trinajstić information content (AvgIpc) is 1.59. The van der Waals surface area contributed by atoms with Gasteiger partial charge in [-0.05, 0) is 145 Å². The molecule has 6 aromatic rings. The van der Waals surface area contributed by atoms with Crippen LogP contribution in [0.4, 0.5) is 0 Å². The van der Waals surface area contributed by atoms with E-state index in [1.165, 1.54) is 48.6 Å². The normalized spacial score (nSPS) is 27.7. The second kappa shape index (κ2) is 23.4. The van der Waals surface area contributed by atoms with Crippen LogP contribution in [0.1, 0.15) is 170 Å². The van der Waals surface area contributed by atoms with Gasteiger partial charge in [-0.25, -0.2) is 9.59 Å². The number of aryl methyl sites for hydroxylation is 1. The van der Waals surface area contributed by atoms with Crippen molar-refractivity contribution in [2.75, 3.05) is 26.9 Å². The fourth-order valence-corrected chi connectivity index (χ4v) is 15.5. The molecule has 3 aliphatic heterocycles. The number of aliphatic hydroxyl groups excluding tert-OH is 3. The molecule has 2 fully saturated rings. The van der Waals surface area contributed by atoms with Gasteiger partial charge in [-0.2, -0.15) is 0 Å². The molecule has 2 saturated carbocycles. The van der Waals surface area contributed by atoms with Crippen molar-refractivity contribution in [1.29, 1.82) is 0 Å². The summed E-state index contributed by atoms with van der Waals surface area (Å²) in [5.74, 6) is -1.81. The third-order valence-corrected chi connectivity index (χ3v) is 19.9. The Kier molecular flexibility index (Phi) is 15.9. The number of methoxy groups -OCH3 is 1. The van der Waals surface area contributed by atoms with E-state index in [0.29, 0.717) is 48.0 Å². The first-order valence-corrected chi connectivity index (χ1v) is 29.9. The predicted molar refractivity (Wildman–Crippen MR) is 316 cm³/mol. The average molecular weight is 1110 g/mol. The van der Waals surface area contributed by atoms with Gasteiger partial charge in [0.1, 0.15) is 16.9 Å². The lowest BCUT2D eigenvalue weighted by atomic mass is 9.64. The number of carbonyl (C=O) groups is 2. The van der Waals surface area contributed by atoms with Crippen molar-refractivity contribution in [1.82, 2.24) is 0 Å². The lowest BCUT2D eigenvalue weighted by Crippen LogP contribution is -2.58. The van der Waals surface area contributed by atoms with Gasteiger partial charge in [-0.15, -0.1) is 0 Å². The molecule has 0 spiro atoms. The Hall–Kier alpha value is -6.89. The summed E-state index contributed by atoms with van der Waals surface area (Å²) in [4.78, 5) is 45.6. The van der Waals surface area contributed by atoms with Crippen molar-refractivity contribution in [3.8, 4) is 5.75 Å². The highest BCUT2D eigenvalue weighted by atomic mass is 16.6. The van der Waals surface area contributed by atoms with E-state index in [9.17, 15) is 20.1 Å². The number of allylic oxidation sites excluding steroid dienone is 3. The van der Waals surface area contributed by atoms with Crippen LogP contribution in [-0.4, -0.2) is 65.9 Å². The molecular weight excluding hydrogens is 1030 g/mol. The summed E-state index contributed by atoms with van der Waals surface area (Å²) < 4.78 is 33.3. The zero-order valence-electron chi connectivity index (χ0n) is 47.4. The fraction of sp³-hybridized carbons (Fsp3) is 0.423. The molecule has 1 aromatic heterocycles. The van der Waals surface area contributed by atoms with Crippen molar-refractivity contribution in [3.63, 3.8) is 0 Å². The van der Waals surface area contributed by atoms with Gasteiger partial charge in [0.05, 0.1) is 25.4 Å². The molecule has 5 aromatic carbocycles. The van der Waals surface area contributed by atoms with Crippen molar-refractivity contribution in [3.05, 3.63) is 211 Å². The van der Waals surface area contributed by atoms with Crippen LogP contribution in [0.15, 0.2) is 154 Å². The highest BCUT2D eigenvalue weighted by Gasteiger charge is 2.59. The molecule has 426 valence electrons. The van der Waals surface area contributed by atoms with E-state index >= 15 is 9.59 Å². The molecule has 4 aliphatic carbocycles. The van der Waals surface area contributed by atoms with Crippen LogP contribution < -0.4 is 10.4 Å². The van der Waals surface area contributed by atoms with E-state index in [1.54, 1.807) is 19.1 Å². The van der Waals surface area contributed by atoms with E-state index in [4.69, 9.17) is 23.4 Å². The molecule has 11 heteroatoms. The Morgan fingerprint density at radius 2 is 1.56 bits per heavy atom. The van der Waals surface area contributed by atoms with Gasteiger partial charge in [-0.3, -0.25) is 4.79 Å². The number of aliphatic hydroxyl groups is 3. The van der Waals surface area contributed by atoms with Crippen molar-refractivity contribution in [2.24, 2.45) is 17.8 Å². The van der Waals surface area contributed by atoms with Crippen LogP contribution in [0.5, 0.6) is 5.75 Å². The molecule has 0 saturated heterocycles. The molecule has 0 radical (unpaired) electrons. The SMILES string of the molecule is COC[C@@H](CCO)c1c(CO)c2ccc3c(c2oc1=O)[C@H]1OC(=O)C[C@H]2C[C@H](c4cccc(C5(c6ccccc6)CCCCC5)c4)C=C[C@H]2c2ccc(cc2)CC/C(=C(\C)CO)C(=O)O[C@@H]1[C@](C)([C@H]1C[C@@H]2C=Cc4ccccc4[C@@H]2C1)O3. The minimum Gasteiger partial charge on any atom is -0.483 e. The van der Waals surface area contributed by atoms with Crippen LogP contribution in [-0.2, 0) is 42.2 Å². The van der Waals surface area contributed by atoms with Crippen molar-refractivity contribution >= 4 is 29.0 Å². The van der Waals surface area contributed by atoms with Crippen molar-refractivity contribution < 1.29 is 48.3 Å². The third kappa shape index (κ3) is 10.2. The van der Waals surface area contributed by atoms with Crippen LogP contribution in [0.25, 0.3) is 17.0 Å². The van der Waals surface area contributed by atoms with Gasteiger partial charge >= 0.3 is 17.6 Å². The lowest BCUT2D eigenvalue weighted by molar-refractivity contribution is -0.199. The van der Waals surface area contributed by atoms with E-state index < -0.39 is 47.9 Å². The van der Waals surface area contributed by atoms with Crippen LogP contribution >= 0.6 is 0 Å². The van der Waals surface area contributed by atoms with Gasteiger partial charge in [0, 0.05) is 65.7 Å². The lowest BCUT2D eigenvalue weighted by Gasteiger charge is -2.48. The molecule has 4 heterocycles. The number of benzene rings is 5. The molecule has 0 amide bonds. The molecule has 2 bridgehead atoms. The van der Waals surface area contributed by atoms with Crippen molar-refractivity contribution in [2.45, 2.75) is 144 Å². The summed E-state index contributed by atoms with van der Waals surface area (Å²) >= 11 is 0. The third-order valence-electron chi connectivity index (χ3n) is 19.9. The zero-order valence-corrected chi connectivity index (χ0v) is 47.4. The first-order chi connectivity index (χ1) is 39.9. The number of esters is 2. The van der Waals surface area contributed by atoms with Crippen LogP contribution in [0, 0.1) is 17.8 Å². The first-order valence-electron chi connectivity index (χ1n) is 29.9. The second-order valence-electron chi connectivity index (χ2n) is 24.4. The quantitative estimate of drug-likeness (QED) is 0.0490. The zero-order chi connectivity index (χ0) is 56.7. The van der Waals surface area contributed by atoms with Gasteiger partial charge in [0.2, 0.25) is 0 Å². The minimum atomic E-state index is -1.37. The standard InChI is InChI=1S/C71H76O11/c1-43(40-73)55-27-21-44-19-22-46(23-20-44)56-28-26-48(47-14-12-17-53(36-47)71(32-10-5-11-33-71)52-15-6-4-7-16-52)35-51(56)38-62(75)79-66-64-61(30-29-58-60(41-74)63(69(77)80-65(58)64)50(31-34-72)42-78-3)82-70(2,67(66)81-68(55)76)54-37-49-25-24-45-13-8-9-18-57(45)59(49)39-54/h4,6-9,12-20,22-26,28-30,36,48-51,54,56,59,66-67,72-74H,5,10-11,21,27,31-35,37-42H2,1-3H3/b55-43-/t48-,49+,50-,51-,54+,56+,59-,66-,67+,70+/m1/s1. The summed E-state index contributed by atoms with van der Waals surface area (Å²) in [6, 6.07) is 40.5. The predicted octanol–water partition coefficient (Wildman–Crippen LogP) is 12.9. The van der Waals surface area contributed by atoms with E-state index in [2.05, 4.69) is 121 Å². The van der Waals surface area contributed by atoms with Gasteiger partial charge in [0.25, 0.3) is 0 Å². The first kappa shape index (κ1) is 55.6. The number of rotatable bonds is 11. The summed E-state index contributed by atoms with van der Waals surface area (Å²) in [5, 5.41) is 32.5. The van der Waals surface area contributed by atoms with Crippen LogP contribution in [0.3, 0.4) is 0 Å². The molecule has 82 heavy (non-hydrogen) atoms. The summed E-state index contributed by atoms with van der Waals surface area (Å²) in [6.07, 6.45) is 15.1. The van der Waals surface area contributed by atoms with Gasteiger partial charge < -0.3 is 38.7 Å². The topological polar surface area (TPSA) is 162 Å². The monoisotopic (exact) mass is 1100 g/mol. The molecule has 11 nitrogen and oxygen atoms in total. The smallest absolute Gasteiger partial charge is 0.340 e. The Morgan fingerprint density at radius 3 is 2.33 bits per heavy atom. The van der Waals surface area contributed by atoms with Gasteiger partial charge in [-0.1, -0.05) is 147 Å². The molecule has 3 N–H and O–H groups in total. The van der Waals surface area contributed by atoms with E-state index in [0.717, 1.165) is 29.5 Å². The Bertz CT molecular complexity index is 3490. The number of hydrogen-bond acceptors (Lipinski definition) is 11. The number of ether oxygens (including phenoxy) is 4. The van der Waals surface area contributed by atoms with E-state index in [1.807, 2.05) is 13.0 Å². The molecule has 7 aliphatic rings. The molecule has 0 unspecified atom stereocenters. The Balaban J connectivity index is 0.996.